The van der Waals surface area contributed by atoms with Crippen LogP contribution in [-0.2, 0) is 5.75 Å². The van der Waals surface area contributed by atoms with Crippen molar-refractivity contribution in [1.29, 1.82) is 0 Å². The van der Waals surface area contributed by atoms with Crippen LogP contribution in [0.4, 0.5) is 0 Å². The summed E-state index contributed by atoms with van der Waals surface area (Å²) >= 11 is 3.38. The van der Waals surface area contributed by atoms with Gasteiger partial charge in [0, 0.05) is 21.6 Å². The van der Waals surface area contributed by atoms with Crippen molar-refractivity contribution in [3.8, 4) is 27.8 Å². The molecule has 3 aromatic rings. The summed E-state index contributed by atoms with van der Waals surface area (Å²) in [5.74, 6) is 3.12. The van der Waals surface area contributed by atoms with Gasteiger partial charge in [0.1, 0.15) is 10.8 Å². The second-order valence-electron chi connectivity index (χ2n) is 5.18. The summed E-state index contributed by atoms with van der Waals surface area (Å²) in [6.45, 7) is 0. The van der Waals surface area contributed by atoms with Gasteiger partial charge in [0.15, 0.2) is 11.5 Å². The van der Waals surface area contributed by atoms with Gasteiger partial charge in [0.2, 0.25) is 0 Å². The number of ether oxygens (including phenoxy) is 3. The van der Waals surface area contributed by atoms with E-state index in [4.69, 9.17) is 19.2 Å². The number of thioether (sulfide) groups is 1. The molecule has 0 unspecified atom stereocenters. The van der Waals surface area contributed by atoms with Crippen LogP contribution in [0.2, 0.25) is 0 Å². The van der Waals surface area contributed by atoms with E-state index in [-0.39, 0.29) is 0 Å². The van der Waals surface area contributed by atoms with E-state index in [0.29, 0.717) is 5.75 Å². The predicted octanol–water partition coefficient (Wildman–Crippen LogP) is 5.13. The lowest BCUT2D eigenvalue weighted by Gasteiger charge is -2.08. The molecule has 3 rings (SSSR count). The van der Waals surface area contributed by atoms with Crippen molar-refractivity contribution in [2.45, 2.75) is 10.6 Å². The van der Waals surface area contributed by atoms with Gasteiger partial charge in [-0.05, 0) is 36.4 Å². The van der Waals surface area contributed by atoms with Crippen molar-refractivity contribution in [2.75, 3.05) is 21.3 Å². The summed E-state index contributed by atoms with van der Waals surface area (Å²) in [6.07, 6.45) is 0. The van der Waals surface area contributed by atoms with Gasteiger partial charge < -0.3 is 14.2 Å². The minimum atomic E-state index is 0.711. The van der Waals surface area contributed by atoms with Crippen molar-refractivity contribution in [2.24, 2.45) is 0 Å². The summed E-state index contributed by atoms with van der Waals surface area (Å²) in [7, 11) is 4.95. The third kappa shape index (κ3) is 4.27. The number of methoxy groups -OCH3 is 3. The monoisotopic (exact) mass is 373 g/mol. The van der Waals surface area contributed by atoms with Crippen molar-refractivity contribution >= 4 is 23.1 Å². The van der Waals surface area contributed by atoms with E-state index in [1.54, 1.807) is 44.4 Å². The minimum absolute atomic E-state index is 0.711. The summed E-state index contributed by atoms with van der Waals surface area (Å²) in [4.78, 5) is 5.91. The van der Waals surface area contributed by atoms with Gasteiger partial charge in [0.05, 0.1) is 27.0 Å². The zero-order valence-corrected chi connectivity index (χ0v) is 15.9. The maximum Gasteiger partial charge on any atom is 0.161 e. The first-order valence-corrected chi connectivity index (χ1v) is 9.53. The Bertz CT molecular complexity index is 848. The van der Waals surface area contributed by atoms with Crippen LogP contribution in [0.5, 0.6) is 17.2 Å². The van der Waals surface area contributed by atoms with Gasteiger partial charge in [-0.25, -0.2) is 4.98 Å². The highest BCUT2D eigenvalue weighted by atomic mass is 32.2. The number of aromatic nitrogens is 1. The number of benzene rings is 2. The molecule has 2 aromatic carbocycles. The molecular formula is C19H19NO3S2. The molecule has 0 atom stereocenters. The second kappa shape index (κ2) is 8.27. The molecule has 6 heteroatoms. The van der Waals surface area contributed by atoms with Gasteiger partial charge in [-0.15, -0.1) is 23.1 Å². The summed E-state index contributed by atoms with van der Waals surface area (Å²) < 4.78 is 15.9. The smallest absolute Gasteiger partial charge is 0.161 e. The summed E-state index contributed by atoms with van der Waals surface area (Å²) in [6, 6.07) is 13.9. The molecule has 4 nitrogen and oxygen atoms in total. The second-order valence-corrected chi connectivity index (χ2v) is 7.09. The Morgan fingerprint density at radius 1 is 0.960 bits per heavy atom. The lowest BCUT2D eigenvalue weighted by molar-refractivity contribution is 0.355. The van der Waals surface area contributed by atoms with Crippen LogP contribution in [0.1, 0.15) is 5.69 Å². The fourth-order valence-corrected chi connectivity index (χ4v) is 4.08. The third-order valence-electron chi connectivity index (χ3n) is 3.61. The molecule has 0 saturated carbocycles. The maximum absolute atomic E-state index is 5.37. The van der Waals surface area contributed by atoms with Crippen LogP contribution in [0, 0.1) is 0 Å². The van der Waals surface area contributed by atoms with Crippen LogP contribution in [0.3, 0.4) is 0 Å². The number of rotatable bonds is 7. The molecule has 0 radical (unpaired) electrons. The Morgan fingerprint density at radius 2 is 1.80 bits per heavy atom. The van der Waals surface area contributed by atoms with Gasteiger partial charge >= 0.3 is 0 Å². The maximum atomic E-state index is 5.37. The molecule has 25 heavy (non-hydrogen) atoms. The van der Waals surface area contributed by atoms with E-state index in [2.05, 4.69) is 11.4 Å². The molecular weight excluding hydrogens is 354 g/mol. The van der Waals surface area contributed by atoms with Crippen LogP contribution >= 0.6 is 23.1 Å². The molecule has 0 N–H and O–H groups in total. The van der Waals surface area contributed by atoms with E-state index in [0.717, 1.165) is 33.5 Å². The quantitative estimate of drug-likeness (QED) is 0.537. The van der Waals surface area contributed by atoms with Crippen LogP contribution in [0.15, 0.2) is 52.7 Å². The Hall–Kier alpha value is -2.18. The number of hydrogen-bond donors (Lipinski definition) is 0. The molecule has 130 valence electrons. The lowest BCUT2D eigenvalue weighted by Crippen LogP contribution is -1.90. The Balaban J connectivity index is 1.72. The first kappa shape index (κ1) is 17.6. The SMILES string of the molecule is COc1cccc(SCc2csc(-c3ccc(OC)c(OC)c3)n2)c1. The van der Waals surface area contributed by atoms with Gasteiger partial charge in [-0.1, -0.05) is 6.07 Å². The van der Waals surface area contributed by atoms with Crippen molar-refractivity contribution in [3.05, 3.63) is 53.5 Å². The molecule has 1 heterocycles. The van der Waals surface area contributed by atoms with Crippen molar-refractivity contribution in [1.82, 2.24) is 4.98 Å². The molecule has 1 aromatic heterocycles. The van der Waals surface area contributed by atoms with Gasteiger partial charge in [-0.2, -0.15) is 0 Å². The molecule has 0 bridgehead atoms. The number of hydrogen-bond acceptors (Lipinski definition) is 6. The molecule has 0 amide bonds. The van der Waals surface area contributed by atoms with Crippen LogP contribution < -0.4 is 14.2 Å². The molecule has 0 saturated heterocycles. The zero-order chi connectivity index (χ0) is 17.6. The zero-order valence-electron chi connectivity index (χ0n) is 14.3. The standard InChI is InChI=1S/C19H19NO3S2/c1-21-15-5-4-6-16(10-15)24-11-14-12-25-19(20-14)13-7-8-17(22-2)18(9-13)23-3/h4-10,12H,11H2,1-3H3. The van der Waals surface area contributed by atoms with E-state index in [1.165, 1.54) is 4.90 Å². The van der Waals surface area contributed by atoms with E-state index < -0.39 is 0 Å². The third-order valence-corrected chi connectivity index (χ3v) is 5.58. The topological polar surface area (TPSA) is 40.6 Å². The molecule has 0 aliphatic heterocycles. The highest BCUT2D eigenvalue weighted by molar-refractivity contribution is 7.98. The van der Waals surface area contributed by atoms with E-state index in [1.807, 2.05) is 36.4 Å². The van der Waals surface area contributed by atoms with E-state index >= 15 is 0 Å². The first-order valence-electron chi connectivity index (χ1n) is 7.67. The van der Waals surface area contributed by atoms with Gasteiger partial charge in [0.25, 0.3) is 0 Å². The van der Waals surface area contributed by atoms with Crippen molar-refractivity contribution in [3.63, 3.8) is 0 Å². The Labute approximate surface area is 155 Å². The highest BCUT2D eigenvalue weighted by Gasteiger charge is 2.10. The molecule has 0 aliphatic rings. The largest absolute Gasteiger partial charge is 0.497 e. The summed E-state index contributed by atoms with van der Waals surface area (Å²) in [5.41, 5.74) is 2.09. The lowest BCUT2D eigenvalue weighted by atomic mass is 10.2. The highest BCUT2D eigenvalue weighted by Crippen LogP contribution is 2.34. The fraction of sp³-hybridized carbons (Fsp3) is 0.211. The number of thiazole rings is 1. The molecule has 0 spiro atoms. The van der Waals surface area contributed by atoms with Gasteiger partial charge in [-0.3, -0.25) is 0 Å². The van der Waals surface area contributed by atoms with Crippen LogP contribution in [0.25, 0.3) is 10.6 Å². The fourth-order valence-electron chi connectivity index (χ4n) is 2.32. The van der Waals surface area contributed by atoms with Crippen molar-refractivity contribution < 1.29 is 14.2 Å². The average Bonchev–Trinajstić information content (AvgIpc) is 3.15. The Morgan fingerprint density at radius 3 is 2.56 bits per heavy atom. The Kier molecular flexibility index (Phi) is 5.83. The first-order chi connectivity index (χ1) is 12.2. The minimum Gasteiger partial charge on any atom is -0.497 e. The molecule has 0 aliphatic carbocycles. The van der Waals surface area contributed by atoms with E-state index in [9.17, 15) is 0 Å². The normalized spacial score (nSPS) is 10.5. The predicted molar refractivity (Wildman–Crippen MR) is 103 cm³/mol. The van der Waals surface area contributed by atoms with Crippen LogP contribution in [-0.4, -0.2) is 26.3 Å². The average molecular weight is 373 g/mol. The number of nitrogens with zero attached hydrogens (tertiary/aromatic N) is 1. The molecule has 0 fully saturated rings. The summed E-state index contributed by atoms with van der Waals surface area (Å²) in [5, 5.41) is 3.07.